The molecule has 20 heavy (non-hydrogen) atoms. The summed E-state index contributed by atoms with van der Waals surface area (Å²) >= 11 is 0. The topological polar surface area (TPSA) is 83.5 Å². The van der Waals surface area contributed by atoms with Crippen LogP contribution < -0.4 is 4.72 Å². The van der Waals surface area contributed by atoms with E-state index in [0.29, 0.717) is 5.56 Å². The lowest BCUT2D eigenvalue weighted by atomic mass is 10.1. The second-order valence-electron chi connectivity index (χ2n) is 4.44. The molecule has 0 bridgehead atoms. The van der Waals surface area contributed by atoms with E-state index >= 15 is 0 Å². The third-order valence-corrected chi connectivity index (χ3v) is 4.36. The van der Waals surface area contributed by atoms with Crippen molar-refractivity contribution in [1.29, 1.82) is 0 Å². The van der Waals surface area contributed by atoms with Gasteiger partial charge in [-0.2, -0.15) is 0 Å². The standard InChI is InChI=1S/C13H16FNO4S/c1-9(2)20(18,19)15-8-11-7-10(3-5-12(11)14)4-6-13(16)17/h3-7,9,15H,8H2,1-2H3,(H,16,17). The molecule has 1 aromatic carbocycles. The highest BCUT2D eigenvalue weighted by Crippen LogP contribution is 2.13. The maximum absolute atomic E-state index is 13.6. The van der Waals surface area contributed by atoms with Crippen LogP contribution in [-0.4, -0.2) is 24.7 Å². The molecule has 0 heterocycles. The van der Waals surface area contributed by atoms with E-state index in [4.69, 9.17) is 5.11 Å². The van der Waals surface area contributed by atoms with Gasteiger partial charge in [0.25, 0.3) is 0 Å². The molecule has 0 radical (unpaired) electrons. The van der Waals surface area contributed by atoms with E-state index in [1.165, 1.54) is 38.1 Å². The van der Waals surface area contributed by atoms with Crippen molar-refractivity contribution < 1.29 is 22.7 Å². The fraction of sp³-hybridized carbons (Fsp3) is 0.308. The van der Waals surface area contributed by atoms with Crippen molar-refractivity contribution in [2.75, 3.05) is 0 Å². The molecule has 0 aromatic heterocycles. The Hall–Kier alpha value is -1.73. The van der Waals surface area contributed by atoms with E-state index in [1.54, 1.807) is 0 Å². The molecular formula is C13H16FNO4S. The normalized spacial score (nSPS) is 12.2. The van der Waals surface area contributed by atoms with Crippen LogP contribution in [-0.2, 0) is 21.4 Å². The van der Waals surface area contributed by atoms with Crippen molar-refractivity contribution in [3.05, 3.63) is 41.2 Å². The molecule has 110 valence electrons. The third kappa shape index (κ3) is 4.75. The summed E-state index contributed by atoms with van der Waals surface area (Å²) in [5.74, 6) is -1.67. The van der Waals surface area contributed by atoms with Crippen molar-refractivity contribution in [3.63, 3.8) is 0 Å². The van der Waals surface area contributed by atoms with Crippen LogP contribution in [0.2, 0.25) is 0 Å². The van der Waals surface area contributed by atoms with E-state index < -0.39 is 27.1 Å². The first-order valence-electron chi connectivity index (χ1n) is 5.90. The van der Waals surface area contributed by atoms with Gasteiger partial charge in [-0.05, 0) is 37.6 Å². The number of hydrogen-bond acceptors (Lipinski definition) is 3. The van der Waals surface area contributed by atoms with Crippen LogP contribution in [0.4, 0.5) is 4.39 Å². The molecule has 0 aliphatic carbocycles. The number of halogens is 1. The van der Waals surface area contributed by atoms with Gasteiger partial charge in [0.2, 0.25) is 10.0 Å². The molecule has 0 spiro atoms. The van der Waals surface area contributed by atoms with Crippen molar-refractivity contribution in [3.8, 4) is 0 Å². The van der Waals surface area contributed by atoms with Gasteiger partial charge in [-0.3, -0.25) is 0 Å². The van der Waals surface area contributed by atoms with E-state index in [0.717, 1.165) is 6.08 Å². The van der Waals surface area contributed by atoms with Crippen LogP contribution in [0.1, 0.15) is 25.0 Å². The number of carboxylic acids is 1. The number of carboxylic acid groups (broad SMARTS) is 1. The van der Waals surface area contributed by atoms with Crippen LogP contribution in [0.25, 0.3) is 6.08 Å². The Bertz CT molecular complexity index is 623. The number of aliphatic carboxylic acids is 1. The van der Waals surface area contributed by atoms with Crippen LogP contribution >= 0.6 is 0 Å². The van der Waals surface area contributed by atoms with Crippen LogP contribution in [0.15, 0.2) is 24.3 Å². The number of nitrogens with one attached hydrogen (secondary N) is 1. The summed E-state index contributed by atoms with van der Waals surface area (Å²) in [6.07, 6.45) is 2.23. The van der Waals surface area contributed by atoms with Crippen LogP contribution in [0.3, 0.4) is 0 Å². The minimum absolute atomic E-state index is 0.154. The van der Waals surface area contributed by atoms with Crippen LogP contribution in [0, 0.1) is 5.82 Å². The summed E-state index contributed by atoms with van der Waals surface area (Å²) < 4.78 is 39.0. The Balaban J connectivity index is 2.90. The van der Waals surface area contributed by atoms with E-state index in [2.05, 4.69) is 4.72 Å². The molecule has 0 fully saturated rings. The van der Waals surface area contributed by atoms with Gasteiger partial charge in [0.05, 0.1) is 5.25 Å². The summed E-state index contributed by atoms with van der Waals surface area (Å²) in [5.41, 5.74) is 0.634. The molecule has 1 aromatic rings. The predicted molar refractivity (Wildman–Crippen MR) is 74.0 cm³/mol. The SMILES string of the molecule is CC(C)S(=O)(=O)NCc1cc(C=CC(=O)O)ccc1F. The van der Waals surface area contributed by atoms with E-state index in [9.17, 15) is 17.6 Å². The maximum atomic E-state index is 13.6. The summed E-state index contributed by atoms with van der Waals surface area (Å²) in [6.45, 7) is 2.86. The first-order valence-corrected chi connectivity index (χ1v) is 7.45. The van der Waals surface area contributed by atoms with Gasteiger partial charge in [0, 0.05) is 18.2 Å². The smallest absolute Gasteiger partial charge is 0.328 e. The lowest BCUT2D eigenvalue weighted by Crippen LogP contribution is -2.30. The molecule has 0 saturated carbocycles. The second-order valence-corrected chi connectivity index (χ2v) is 6.76. The highest BCUT2D eigenvalue weighted by molar-refractivity contribution is 7.90. The number of hydrogen-bond donors (Lipinski definition) is 2. The lowest BCUT2D eigenvalue weighted by Gasteiger charge is -2.10. The highest BCUT2D eigenvalue weighted by atomic mass is 32.2. The second kappa shape index (κ2) is 6.62. The molecular weight excluding hydrogens is 285 g/mol. The number of benzene rings is 1. The van der Waals surface area contributed by atoms with Crippen LogP contribution in [0.5, 0.6) is 0 Å². The zero-order chi connectivity index (χ0) is 15.3. The minimum Gasteiger partial charge on any atom is -0.478 e. The Labute approximate surface area is 117 Å². The van der Waals surface area contributed by atoms with E-state index in [-0.39, 0.29) is 12.1 Å². The summed E-state index contributed by atoms with van der Waals surface area (Å²) in [7, 11) is -3.48. The van der Waals surface area contributed by atoms with Gasteiger partial charge in [0.1, 0.15) is 5.82 Å². The van der Waals surface area contributed by atoms with Gasteiger partial charge < -0.3 is 5.11 Å². The summed E-state index contributed by atoms with van der Waals surface area (Å²) in [4.78, 5) is 10.4. The number of carbonyl (C=O) groups is 1. The Morgan fingerprint density at radius 1 is 1.45 bits per heavy atom. The Morgan fingerprint density at radius 3 is 2.65 bits per heavy atom. The predicted octanol–water partition coefficient (Wildman–Crippen LogP) is 1.75. The van der Waals surface area contributed by atoms with Crippen molar-refractivity contribution in [2.45, 2.75) is 25.6 Å². The highest BCUT2D eigenvalue weighted by Gasteiger charge is 2.15. The van der Waals surface area contributed by atoms with Crippen molar-refractivity contribution in [2.24, 2.45) is 0 Å². The minimum atomic E-state index is -3.48. The molecule has 1 rings (SSSR count). The Morgan fingerprint density at radius 2 is 2.10 bits per heavy atom. The van der Waals surface area contributed by atoms with Gasteiger partial charge in [-0.25, -0.2) is 22.3 Å². The molecule has 0 atom stereocenters. The lowest BCUT2D eigenvalue weighted by molar-refractivity contribution is -0.131. The molecule has 0 amide bonds. The van der Waals surface area contributed by atoms with Crippen molar-refractivity contribution >= 4 is 22.1 Å². The zero-order valence-corrected chi connectivity index (χ0v) is 11.9. The summed E-state index contributed by atoms with van der Waals surface area (Å²) in [5, 5.41) is 7.91. The molecule has 0 saturated heterocycles. The van der Waals surface area contributed by atoms with E-state index in [1.807, 2.05) is 0 Å². The maximum Gasteiger partial charge on any atom is 0.328 e. The van der Waals surface area contributed by atoms with Crippen molar-refractivity contribution in [1.82, 2.24) is 4.72 Å². The number of sulfonamides is 1. The molecule has 7 heteroatoms. The number of rotatable bonds is 6. The monoisotopic (exact) mass is 301 g/mol. The molecule has 2 N–H and O–H groups in total. The molecule has 5 nitrogen and oxygen atoms in total. The van der Waals surface area contributed by atoms with Gasteiger partial charge in [0.15, 0.2) is 0 Å². The fourth-order valence-electron chi connectivity index (χ4n) is 1.35. The van der Waals surface area contributed by atoms with Gasteiger partial charge in [-0.1, -0.05) is 6.07 Å². The average molecular weight is 301 g/mol. The quantitative estimate of drug-likeness (QED) is 0.784. The Kier molecular flexibility index (Phi) is 5.41. The first kappa shape index (κ1) is 16.3. The third-order valence-electron chi connectivity index (χ3n) is 2.57. The average Bonchev–Trinajstić information content (AvgIpc) is 2.36. The van der Waals surface area contributed by atoms with Gasteiger partial charge >= 0.3 is 5.97 Å². The fourth-order valence-corrected chi connectivity index (χ4v) is 2.04. The first-order chi connectivity index (χ1) is 9.22. The molecule has 0 aliphatic heterocycles. The zero-order valence-electron chi connectivity index (χ0n) is 11.1. The van der Waals surface area contributed by atoms with Gasteiger partial charge in [-0.15, -0.1) is 0 Å². The summed E-state index contributed by atoms with van der Waals surface area (Å²) in [6, 6.07) is 3.98. The molecule has 0 aliphatic rings. The largest absolute Gasteiger partial charge is 0.478 e. The molecule has 0 unspecified atom stereocenters.